The van der Waals surface area contributed by atoms with E-state index in [0.29, 0.717) is 10.8 Å². The van der Waals surface area contributed by atoms with Gasteiger partial charge in [0.1, 0.15) is 17.1 Å². The molecule has 0 amide bonds. The van der Waals surface area contributed by atoms with Gasteiger partial charge in [-0.2, -0.15) is 0 Å². The summed E-state index contributed by atoms with van der Waals surface area (Å²) < 4.78 is 11.3. The van der Waals surface area contributed by atoms with Crippen LogP contribution in [0.25, 0.3) is 10.8 Å². The molecular weight excluding hydrogens is 339 g/mol. The number of carboxylic acid groups (broad SMARTS) is 1. The fraction of sp³-hybridized carbons (Fsp3) is 0. The molecule has 0 fully saturated rings. The second-order valence-corrected chi connectivity index (χ2v) is 4.86. The molecule has 0 aliphatic heterocycles. The van der Waals surface area contributed by atoms with Gasteiger partial charge < -0.3 is 15.3 Å². The molecule has 0 saturated carbocycles. The van der Waals surface area contributed by atoms with Gasteiger partial charge in [0, 0.05) is 10.8 Å². The van der Waals surface area contributed by atoms with Crippen molar-refractivity contribution in [2.24, 2.45) is 0 Å². The normalized spacial score (nSPS) is 10.6. The molecule has 0 atom stereocenters. The lowest BCUT2D eigenvalue weighted by Gasteiger charge is -2.07. The minimum Gasteiger partial charge on any atom is -0.507 e. The van der Waals surface area contributed by atoms with Gasteiger partial charge in [-0.25, -0.2) is 4.79 Å². The SMILES string of the molecule is O=Ic1c(C(=O)O)c(O)cc2c(O)cccc12. The average molecular weight is 346 g/mol. The van der Waals surface area contributed by atoms with Gasteiger partial charge in [-0.15, -0.1) is 0 Å². The molecule has 0 aromatic heterocycles. The Labute approximate surface area is 106 Å². The Morgan fingerprint density at radius 2 is 1.82 bits per heavy atom. The molecule has 0 bridgehead atoms. The monoisotopic (exact) mass is 346 g/mol. The lowest BCUT2D eigenvalue weighted by Crippen LogP contribution is -2.01. The minimum absolute atomic E-state index is 0.0854. The van der Waals surface area contributed by atoms with Gasteiger partial charge in [-0.05, 0) is 12.1 Å². The summed E-state index contributed by atoms with van der Waals surface area (Å²) in [7, 11) is 0. The van der Waals surface area contributed by atoms with E-state index < -0.39 is 32.9 Å². The first-order chi connectivity index (χ1) is 8.06. The van der Waals surface area contributed by atoms with Crippen molar-refractivity contribution in [3.8, 4) is 11.5 Å². The van der Waals surface area contributed by atoms with Crippen LogP contribution in [-0.4, -0.2) is 21.3 Å². The van der Waals surface area contributed by atoms with Crippen molar-refractivity contribution in [3.63, 3.8) is 0 Å². The van der Waals surface area contributed by atoms with Gasteiger partial charge in [0.05, 0.1) is 3.57 Å². The van der Waals surface area contributed by atoms with Crippen molar-refractivity contribution < 1.29 is 23.2 Å². The third-order valence-corrected chi connectivity index (χ3v) is 3.93. The van der Waals surface area contributed by atoms with Crippen LogP contribution in [-0.2, 0) is 3.07 Å². The maximum Gasteiger partial charge on any atom is 0.340 e. The number of phenols is 2. The molecule has 88 valence electrons. The van der Waals surface area contributed by atoms with E-state index in [1.807, 2.05) is 0 Å². The zero-order valence-electron chi connectivity index (χ0n) is 8.35. The fourth-order valence-corrected chi connectivity index (χ4v) is 3.07. The molecule has 3 N–H and O–H groups in total. The Kier molecular flexibility index (Phi) is 2.97. The molecule has 0 spiro atoms. The standard InChI is InChI=1S/C11H7IO5/c13-7-3-1-2-5-6(7)4-8(14)9(11(15)16)10(5)12-17/h1-4,13-14H,(H,15,16). The molecule has 6 heteroatoms. The Morgan fingerprint density at radius 3 is 2.41 bits per heavy atom. The van der Waals surface area contributed by atoms with E-state index in [9.17, 15) is 18.1 Å². The molecular formula is C11H7IO5. The summed E-state index contributed by atoms with van der Waals surface area (Å²) in [5, 5.41) is 28.8. The number of aromatic hydroxyl groups is 2. The molecule has 17 heavy (non-hydrogen) atoms. The summed E-state index contributed by atoms with van der Waals surface area (Å²) in [5.74, 6) is -1.91. The fourth-order valence-electron chi connectivity index (χ4n) is 1.64. The second kappa shape index (κ2) is 4.28. The van der Waals surface area contributed by atoms with Crippen LogP contribution in [0.5, 0.6) is 11.5 Å². The van der Waals surface area contributed by atoms with Crippen LogP contribution >= 0.6 is 21.2 Å². The molecule has 0 radical (unpaired) electrons. The summed E-state index contributed by atoms with van der Waals surface area (Å²) >= 11 is -1.78. The first-order valence-electron chi connectivity index (χ1n) is 4.54. The highest BCUT2D eigenvalue weighted by Gasteiger charge is 2.20. The summed E-state index contributed by atoms with van der Waals surface area (Å²) in [6.45, 7) is 0. The number of halogens is 1. The second-order valence-electron chi connectivity index (χ2n) is 3.34. The van der Waals surface area contributed by atoms with Crippen LogP contribution in [0.15, 0.2) is 24.3 Å². The number of fused-ring (bicyclic) bond motifs is 1. The van der Waals surface area contributed by atoms with Gasteiger partial charge >= 0.3 is 5.97 Å². The van der Waals surface area contributed by atoms with E-state index in [-0.39, 0.29) is 14.9 Å². The van der Waals surface area contributed by atoms with E-state index in [2.05, 4.69) is 0 Å². The number of hydrogen-bond acceptors (Lipinski definition) is 4. The zero-order chi connectivity index (χ0) is 12.6. The van der Waals surface area contributed by atoms with Gasteiger partial charge in [-0.1, -0.05) is 12.1 Å². The predicted molar refractivity (Wildman–Crippen MR) is 67.6 cm³/mol. The molecule has 5 nitrogen and oxygen atoms in total. The lowest BCUT2D eigenvalue weighted by atomic mass is 10.1. The van der Waals surface area contributed by atoms with Crippen LogP contribution in [0, 0.1) is 3.57 Å². The number of phenolic OH excluding ortho intramolecular Hbond substituents is 1. The van der Waals surface area contributed by atoms with Gasteiger partial charge in [0.15, 0.2) is 21.2 Å². The molecule has 2 rings (SSSR count). The van der Waals surface area contributed by atoms with E-state index in [4.69, 9.17) is 5.11 Å². The maximum atomic E-state index is 11.2. The molecule has 0 aliphatic rings. The van der Waals surface area contributed by atoms with Crippen molar-refractivity contribution in [2.45, 2.75) is 0 Å². The third kappa shape index (κ3) is 1.84. The molecule has 0 unspecified atom stereocenters. The van der Waals surface area contributed by atoms with E-state index in [0.717, 1.165) is 6.07 Å². The van der Waals surface area contributed by atoms with E-state index >= 15 is 0 Å². The average Bonchev–Trinajstić information content (AvgIpc) is 2.28. The number of aromatic carboxylic acids is 1. The predicted octanol–water partition coefficient (Wildman–Crippen LogP) is 2.43. The number of hydrogen-bond donors (Lipinski definition) is 3. The van der Waals surface area contributed by atoms with Gasteiger partial charge in [0.25, 0.3) is 0 Å². The zero-order valence-corrected chi connectivity index (χ0v) is 10.5. The smallest absolute Gasteiger partial charge is 0.340 e. The Bertz CT molecular complexity index is 635. The summed E-state index contributed by atoms with van der Waals surface area (Å²) in [4.78, 5) is 11.0. The van der Waals surface area contributed by atoms with Crippen LogP contribution in [0.1, 0.15) is 10.4 Å². The molecule has 2 aromatic rings. The maximum absolute atomic E-state index is 11.2. The first-order valence-corrected chi connectivity index (χ1v) is 6.50. The molecule has 0 saturated heterocycles. The van der Waals surface area contributed by atoms with Gasteiger partial charge in [-0.3, -0.25) is 3.07 Å². The Balaban J connectivity index is 3.00. The Morgan fingerprint density at radius 1 is 1.12 bits per heavy atom. The molecule has 2 aromatic carbocycles. The van der Waals surface area contributed by atoms with Crippen LogP contribution in [0.3, 0.4) is 0 Å². The minimum atomic E-state index is -1.78. The van der Waals surface area contributed by atoms with E-state index in [1.165, 1.54) is 12.1 Å². The topological polar surface area (TPSA) is 94.8 Å². The number of benzene rings is 2. The highest BCUT2D eigenvalue weighted by Crippen LogP contribution is 2.36. The number of carbonyl (C=O) groups is 1. The largest absolute Gasteiger partial charge is 0.507 e. The van der Waals surface area contributed by atoms with Crippen molar-refractivity contribution >= 4 is 37.9 Å². The van der Waals surface area contributed by atoms with Crippen molar-refractivity contribution in [2.75, 3.05) is 0 Å². The van der Waals surface area contributed by atoms with Gasteiger partial charge in [0.2, 0.25) is 0 Å². The highest BCUT2D eigenvalue weighted by atomic mass is 127. The first kappa shape index (κ1) is 11.8. The summed E-state index contributed by atoms with van der Waals surface area (Å²) in [5.41, 5.74) is -0.356. The van der Waals surface area contributed by atoms with E-state index in [1.54, 1.807) is 6.07 Å². The van der Waals surface area contributed by atoms with Crippen LogP contribution in [0.2, 0.25) is 0 Å². The number of rotatable bonds is 2. The highest BCUT2D eigenvalue weighted by molar-refractivity contribution is 14.1. The quantitative estimate of drug-likeness (QED) is 0.726. The third-order valence-electron chi connectivity index (χ3n) is 2.37. The summed E-state index contributed by atoms with van der Waals surface area (Å²) in [6.07, 6.45) is 0. The Hall–Kier alpha value is -1.70. The van der Waals surface area contributed by atoms with Crippen LogP contribution < -0.4 is 0 Å². The lowest BCUT2D eigenvalue weighted by molar-refractivity contribution is 0.0692. The van der Waals surface area contributed by atoms with Crippen molar-refractivity contribution in [1.82, 2.24) is 0 Å². The molecule has 0 heterocycles. The van der Waals surface area contributed by atoms with Crippen LogP contribution in [0.4, 0.5) is 0 Å². The van der Waals surface area contributed by atoms with Crippen molar-refractivity contribution in [1.29, 1.82) is 0 Å². The summed E-state index contributed by atoms with van der Waals surface area (Å²) in [6, 6.07) is 5.67. The molecule has 0 aliphatic carbocycles. The van der Waals surface area contributed by atoms with Crippen molar-refractivity contribution in [3.05, 3.63) is 33.4 Å². The number of carboxylic acids is 1.